The number of rotatable bonds is 2. The SMILES string of the molecule is C=CC(=O)N1CC(C)N([N+]([O-])=NO)CC1C. The Balaban J connectivity index is 2.78. The second kappa shape index (κ2) is 4.82. The van der Waals surface area contributed by atoms with Crippen LogP contribution in [0.1, 0.15) is 13.8 Å². The van der Waals surface area contributed by atoms with Crippen LogP contribution in [0.5, 0.6) is 0 Å². The van der Waals surface area contributed by atoms with Gasteiger partial charge >= 0.3 is 0 Å². The van der Waals surface area contributed by atoms with Gasteiger partial charge in [-0.25, -0.2) is 0 Å². The fraction of sp³-hybridized carbons (Fsp3) is 0.667. The zero-order valence-electron chi connectivity index (χ0n) is 9.41. The van der Waals surface area contributed by atoms with Crippen LogP contribution in [0.4, 0.5) is 0 Å². The molecule has 0 bridgehead atoms. The molecule has 0 aliphatic carbocycles. The topological polar surface area (TPSA) is 82.2 Å². The average Bonchev–Trinajstić information content (AvgIpc) is 2.29. The van der Waals surface area contributed by atoms with E-state index in [4.69, 9.17) is 5.21 Å². The molecule has 7 nitrogen and oxygen atoms in total. The minimum absolute atomic E-state index is 0.125. The highest BCUT2D eigenvalue weighted by Gasteiger charge is 2.35. The van der Waals surface area contributed by atoms with Gasteiger partial charge in [0.15, 0.2) is 0 Å². The van der Waals surface area contributed by atoms with Crippen LogP contribution in [-0.4, -0.2) is 51.2 Å². The van der Waals surface area contributed by atoms with Gasteiger partial charge in [-0.2, -0.15) is 0 Å². The zero-order valence-corrected chi connectivity index (χ0v) is 9.41. The van der Waals surface area contributed by atoms with Gasteiger partial charge in [0.25, 0.3) is 0 Å². The van der Waals surface area contributed by atoms with Gasteiger partial charge in [-0.05, 0) is 19.9 Å². The summed E-state index contributed by atoms with van der Waals surface area (Å²) in [5, 5.41) is 23.5. The summed E-state index contributed by atoms with van der Waals surface area (Å²) in [5.41, 5.74) is 0. The summed E-state index contributed by atoms with van der Waals surface area (Å²) in [5.74, 6) is -0.155. The van der Waals surface area contributed by atoms with Gasteiger partial charge in [0.1, 0.15) is 6.04 Å². The molecule has 0 spiro atoms. The van der Waals surface area contributed by atoms with Gasteiger partial charge in [-0.1, -0.05) is 6.58 Å². The van der Waals surface area contributed by atoms with Crippen LogP contribution < -0.4 is 0 Å². The summed E-state index contributed by atoms with van der Waals surface area (Å²) >= 11 is 0. The number of hydrazine groups is 1. The molecule has 1 heterocycles. The summed E-state index contributed by atoms with van der Waals surface area (Å²) in [6.07, 6.45) is 1.25. The Hall–Kier alpha value is -1.79. The second-order valence-corrected chi connectivity index (χ2v) is 3.86. The minimum Gasteiger partial charge on any atom is -0.569 e. The van der Waals surface area contributed by atoms with Gasteiger partial charge in [0.2, 0.25) is 11.2 Å². The first kappa shape index (κ1) is 12.3. The van der Waals surface area contributed by atoms with Crippen molar-refractivity contribution in [1.29, 1.82) is 0 Å². The fourth-order valence-electron chi connectivity index (χ4n) is 1.82. The van der Waals surface area contributed by atoms with Crippen molar-refractivity contribution >= 4 is 5.91 Å². The molecule has 1 aliphatic heterocycles. The van der Waals surface area contributed by atoms with Crippen LogP contribution in [-0.2, 0) is 4.79 Å². The largest absolute Gasteiger partial charge is 0.569 e. The normalized spacial score (nSPS) is 26.8. The summed E-state index contributed by atoms with van der Waals surface area (Å²) in [6, 6.07) is -0.326. The standard InChI is InChI=1S/C9H16N4O3/c1-4-9(14)11-5-8(3)12(6-7(11)2)13(16)10-15/h4,7-8,15H,1,5-6H2,2-3H3. The number of nitrogens with zero attached hydrogens (tertiary/aromatic N) is 4. The molecule has 16 heavy (non-hydrogen) atoms. The first-order valence-electron chi connectivity index (χ1n) is 5.03. The number of carbonyl (C=O) groups is 1. The van der Waals surface area contributed by atoms with E-state index in [1.807, 2.05) is 6.92 Å². The van der Waals surface area contributed by atoms with Crippen LogP contribution in [0.2, 0.25) is 0 Å². The predicted molar refractivity (Wildman–Crippen MR) is 55.4 cm³/mol. The van der Waals surface area contributed by atoms with E-state index < -0.39 is 0 Å². The third-order valence-electron chi connectivity index (χ3n) is 2.71. The Morgan fingerprint density at radius 3 is 2.69 bits per heavy atom. The maximum atomic E-state index is 11.5. The summed E-state index contributed by atoms with van der Waals surface area (Å²) in [6.45, 7) is 7.77. The molecule has 2 atom stereocenters. The molecule has 0 radical (unpaired) electrons. The summed E-state index contributed by atoms with van der Waals surface area (Å²) in [4.78, 5) is 13.3. The molecule has 2 unspecified atom stereocenters. The van der Waals surface area contributed by atoms with Gasteiger partial charge in [0.05, 0.1) is 17.6 Å². The predicted octanol–water partition coefficient (Wildman–Crippen LogP) is 0.360. The van der Waals surface area contributed by atoms with Gasteiger partial charge in [0, 0.05) is 6.54 Å². The number of hydrogen-bond donors (Lipinski definition) is 1. The summed E-state index contributed by atoms with van der Waals surface area (Å²) < 4.78 is 0. The maximum Gasteiger partial charge on any atom is 0.246 e. The highest BCUT2D eigenvalue weighted by molar-refractivity contribution is 5.87. The Labute approximate surface area is 93.8 Å². The van der Waals surface area contributed by atoms with Crippen LogP contribution in [0.3, 0.4) is 0 Å². The Kier molecular flexibility index (Phi) is 3.70. The molecule has 0 saturated carbocycles. The lowest BCUT2D eigenvalue weighted by Crippen LogP contribution is -2.59. The Morgan fingerprint density at radius 1 is 1.56 bits per heavy atom. The van der Waals surface area contributed by atoms with Crippen molar-refractivity contribution in [3.05, 3.63) is 17.9 Å². The van der Waals surface area contributed by atoms with Crippen molar-refractivity contribution in [2.45, 2.75) is 25.9 Å². The Morgan fingerprint density at radius 2 is 2.19 bits per heavy atom. The van der Waals surface area contributed by atoms with Crippen LogP contribution in [0, 0.1) is 5.21 Å². The Bertz CT molecular complexity index is 304. The fourth-order valence-corrected chi connectivity index (χ4v) is 1.82. The molecule has 90 valence electrons. The van der Waals surface area contributed by atoms with Crippen molar-refractivity contribution in [3.63, 3.8) is 0 Å². The highest BCUT2D eigenvalue weighted by Crippen LogP contribution is 2.15. The first-order chi connectivity index (χ1) is 7.51. The molecule has 1 N–H and O–H groups in total. The molecule has 1 fully saturated rings. The average molecular weight is 228 g/mol. The van der Waals surface area contributed by atoms with Crippen molar-refractivity contribution in [2.24, 2.45) is 5.28 Å². The molecular weight excluding hydrogens is 212 g/mol. The molecule has 1 amide bonds. The van der Waals surface area contributed by atoms with Crippen LogP contribution in [0.15, 0.2) is 17.9 Å². The van der Waals surface area contributed by atoms with E-state index in [1.54, 1.807) is 11.8 Å². The number of carbonyl (C=O) groups excluding carboxylic acids is 1. The van der Waals surface area contributed by atoms with E-state index >= 15 is 0 Å². The smallest absolute Gasteiger partial charge is 0.246 e. The van der Waals surface area contributed by atoms with E-state index in [0.29, 0.717) is 13.1 Å². The quantitative estimate of drug-likeness (QED) is 0.320. The van der Waals surface area contributed by atoms with Crippen LogP contribution in [0.25, 0.3) is 0 Å². The van der Waals surface area contributed by atoms with Gasteiger partial charge < -0.3 is 15.3 Å². The third-order valence-corrected chi connectivity index (χ3v) is 2.71. The highest BCUT2D eigenvalue weighted by atomic mass is 16.6. The van der Waals surface area contributed by atoms with Gasteiger partial charge in [-0.3, -0.25) is 4.79 Å². The van der Waals surface area contributed by atoms with Gasteiger partial charge in [-0.15, -0.1) is 5.01 Å². The first-order valence-corrected chi connectivity index (χ1v) is 5.03. The van der Waals surface area contributed by atoms with Crippen LogP contribution >= 0.6 is 0 Å². The zero-order chi connectivity index (χ0) is 12.3. The molecule has 0 aromatic rings. The van der Waals surface area contributed by atoms with E-state index in [2.05, 4.69) is 11.9 Å². The number of amides is 1. The lowest BCUT2D eigenvalue weighted by Gasteiger charge is -2.40. The van der Waals surface area contributed by atoms with Crippen molar-refractivity contribution < 1.29 is 15.0 Å². The second-order valence-electron chi connectivity index (χ2n) is 3.86. The molecule has 0 aromatic heterocycles. The third kappa shape index (κ3) is 2.23. The van der Waals surface area contributed by atoms with Crippen molar-refractivity contribution in [1.82, 2.24) is 9.91 Å². The van der Waals surface area contributed by atoms with E-state index in [0.717, 1.165) is 0 Å². The van der Waals surface area contributed by atoms with E-state index in [9.17, 15) is 10.0 Å². The van der Waals surface area contributed by atoms with E-state index in [1.165, 1.54) is 11.1 Å². The van der Waals surface area contributed by atoms with Crippen molar-refractivity contribution in [3.8, 4) is 0 Å². The summed E-state index contributed by atoms with van der Waals surface area (Å²) in [7, 11) is 0. The lowest BCUT2D eigenvalue weighted by atomic mass is 10.1. The molecule has 1 aliphatic rings. The molecule has 0 aromatic carbocycles. The maximum absolute atomic E-state index is 11.5. The number of hydrogen-bond acceptors (Lipinski definition) is 3. The monoisotopic (exact) mass is 228 g/mol. The molecule has 1 rings (SSSR count). The minimum atomic E-state index is -0.200. The van der Waals surface area contributed by atoms with E-state index in [-0.39, 0.29) is 23.0 Å². The van der Waals surface area contributed by atoms with Crippen molar-refractivity contribution in [2.75, 3.05) is 13.1 Å². The molecule has 7 heteroatoms. The number of piperazine rings is 1. The lowest BCUT2D eigenvalue weighted by molar-refractivity contribution is -0.719. The molecular formula is C9H16N4O3. The molecule has 1 saturated heterocycles.